The maximum atomic E-state index is 11.4. The monoisotopic (exact) mass is 456 g/mol. The van der Waals surface area contributed by atoms with Gasteiger partial charge < -0.3 is 9.47 Å². The van der Waals surface area contributed by atoms with E-state index >= 15 is 0 Å². The van der Waals surface area contributed by atoms with E-state index in [2.05, 4.69) is 31.4 Å². The highest BCUT2D eigenvalue weighted by atomic mass is 79.9. The summed E-state index contributed by atoms with van der Waals surface area (Å²) in [5, 5.41) is 14.9. The fourth-order valence-electron chi connectivity index (χ4n) is 1.86. The summed E-state index contributed by atoms with van der Waals surface area (Å²) in [5.41, 5.74) is 3.18. The second-order valence-electron chi connectivity index (χ2n) is 4.94. The molecule has 1 heterocycles. The molecule has 0 saturated carbocycles. The summed E-state index contributed by atoms with van der Waals surface area (Å²) in [6.07, 6.45) is 2.61. The minimum absolute atomic E-state index is 0.112. The van der Waals surface area contributed by atoms with Crippen molar-refractivity contribution in [3.63, 3.8) is 0 Å². The Morgan fingerprint density at radius 2 is 2.26 bits per heavy atom. The van der Waals surface area contributed by atoms with Crippen molar-refractivity contribution in [2.24, 2.45) is 5.10 Å². The number of hydrogen-bond acceptors (Lipinski definition) is 8. The molecule has 0 radical (unpaired) electrons. The van der Waals surface area contributed by atoms with Gasteiger partial charge in [0.15, 0.2) is 12.4 Å². The summed E-state index contributed by atoms with van der Waals surface area (Å²) in [6, 6.07) is 6.04. The number of carbonyl (C=O) groups excluding carboxylic acids is 1. The molecular formula is C16H14BrClN4O5. The average Bonchev–Trinajstić information content (AvgIpc) is 2.61. The van der Waals surface area contributed by atoms with Crippen LogP contribution in [0.1, 0.15) is 12.5 Å². The van der Waals surface area contributed by atoms with Gasteiger partial charge in [-0.15, -0.1) is 0 Å². The van der Waals surface area contributed by atoms with Gasteiger partial charge in [0.2, 0.25) is 0 Å². The third-order valence-corrected chi connectivity index (χ3v) is 3.88. The van der Waals surface area contributed by atoms with Gasteiger partial charge in [-0.25, -0.2) is 9.78 Å². The Balaban J connectivity index is 2.01. The van der Waals surface area contributed by atoms with Crippen molar-refractivity contribution < 1.29 is 19.2 Å². The van der Waals surface area contributed by atoms with E-state index in [9.17, 15) is 14.9 Å². The zero-order valence-corrected chi connectivity index (χ0v) is 16.4. The summed E-state index contributed by atoms with van der Waals surface area (Å²) in [5.74, 6) is 0.161. The first-order valence-corrected chi connectivity index (χ1v) is 8.74. The topological polar surface area (TPSA) is 116 Å². The number of carbonyl (C=O) groups is 1. The van der Waals surface area contributed by atoms with Gasteiger partial charge in [0.1, 0.15) is 12.0 Å². The molecule has 9 nitrogen and oxygen atoms in total. The third kappa shape index (κ3) is 6.19. The molecule has 1 aromatic heterocycles. The number of nitro groups is 1. The maximum absolute atomic E-state index is 11.4. The first kappa shape index (κ1) is 20.6. The second-order valence-corrected chi connectivity index (χ2v) is 6.20. The van der Waals surface area contributed by atoms with Crippen LogP contribution in [-0.4, -0.2) is 35.3 Å². The van der Waals surface area contributed by atoms with Gasteiger partial charge in [-0.3, -0.25) is 15.5 Å². The largest absolute Gasteiger partial charge is 0.479 e. The van der Waals surface area contributed by atoms with Crippen molar-refractivity contribution in [1.82, 2.24) is 4.98 Å². The number of nitrogens with zero attached hydrogens (tertiary/aromatic N) is 3. The van der Waals surface area contributed by atoms with Gasteiger partial charge in [-0.2, -0.15) is 5.10 Å². The normalized spacial score (nSPS) is 10.6. The molecule has 11 heteroatoms. The summed E-state index contributed by atoms with van der Waals surface area (Å²) >= 11 is 9.50. The molecule has 2 rings (SSSR count). The highest BCUT2D eigenvalue weighted by Crippen LogP contribution is 2.34. The lowest BCUT2D eigenvalue weighted by Gasteiger charge is -2.10. The smallest absolute Gasteiger partial charge is 0.344 e. The molecule has 0 atom stereocenters. The number of halogens is 2. The average molecular weight is 458 g/mol. The Morgan fingerprint density at radius 1 is 1.48 bits per heavy atom. The van der Waals surface area contributed by atoms with Crippen LogP contribution in [0.3, 0.4) is 0 Å². The fraction of sp³-hybridized carbons (Fsp3) is 0.188. The van der Waals surface area contributed by atoms with E-state index in [1.54, 1.807) is 19.1 Å². The Labute approximate surface area is 167 Å². The lowest BCUT2D eigenvalue weighted by molar-refractivity contribution is -0.385. The molecule has 0 amide bonds. The van der Waals surface area contributed by atoms with Crippen LogP contribution in [0.2, 0.25) is 5.02 Å². The van der Waals surface area contributed by atoms with E-state index in [0.717, 1.165) is 6.20 Å². The number of pyridine rings is 1. The summed E-state index contributed by atoms with van der Waals surface area (Å²) in [4.78, 5) is 25.3. The van der Waals surface area contributed by atoms with E-state index in [1.165, 1.54) is 18.3 Å². The minimum atomic E-state index is -0.537. The molecule has 0 saturated heterocycles. The second kappa shape index (κ2) is 9.83. The molecule has 0 unspecified atom stereocenters. The van der Waals surface area contributed by atoms with Crippen LogP contribution < -0.4 is 10.2 Å². The number of aromatic nitrogens is 1. The SMILES string of the molecule is CCOC(=O)COc1c(Cl)cc(/C=N/Nc2ccc([N+](=O)[O-])cn2)cc1Br. The van der Waals surface area contributed by atoms with Crippen LogP contribution in [0.4, 0.5) is 11.5 Å². The Kier molecular flexibility index (Phi) is 7.50. The van der Waals surface area contributed by atoms with Gasteiger partial charge in [-0.1, -0.05) is 11.6 Å². The van der Waals surface area contributed by atoms with Crippen LogP contribution in [0.25, 0.3) is 0 Å². The number of nitrogens with one attached hydrogen (secondary N) is 1. The van der Waals surface area contributed by atoms with E-state index in [1.807, 2.05) is 0 Å². The Bertz CT molecular complexity index is 837. The van der Waals surface area contributed by atoms with Gasteiger partial charge in [0.05, 0.1) is 27.2 Å². The Hall–Kier alpha value is -2.72. The number of esters is 1. The molecule has 0 aliphatic rings. The molecule has 0 spiro atoms. The number of hydrogen-bond donors (Lipinski definition) is 1. The van der Waals surface area contributed by atoms with Crippen LogP contribution in [0, 0.1) is 10.1 Å². The molecule has 1 aromatic carbocycles. The van der Waals surface area contributed by atoms with Gasteiger partial charge in [0, 0.05) is 6.07 Å². The molecule has 1 N–H and O–H groups in total. The van der Waals surface area contributed by atoms with E-state index < -0.39 is 10.9 Å². The number of hydrazone groups is 1. The molecule has 27 heavy (non-hydrogen) atoms. The molecule has 0 aliphatic heterocycles. The first-order valence-electron chi connectivity index (χ1n) is 7.57. The van der Waals surface area contributed by atoms with Crippen molar-refractivity contribution in [2.75, 3.05) is 18.6 Å². The number of benzene rings is 1. The van der Waals surface area contributed by atoms with E-state index in [0.29, 0.717) is 21.6 Å². The molecule has 0 fully saturated rings. The van der Waals surface area contributed by atoms with Crippen LogP contribution in [-0.2, 0) is 9.53 Å². The van der Waals surface area contributed by atoms with Crippen molar-refractivity contribution in [2.45, 2.75) is 6.92 Å². The summed E-state index contributed by atoms with van der Waals surface area (Å²) in [7, 11) is 0. The predicted molar refractivity (Wildman–Crippen MR) is 103 cm³/mol. The standard InChI is InChI=1S/C16H14BrClN4O5/c1-2-26-15(23)9-27-16-12(17)5-10(6-13(16)18)7-20-21-14-4-3-11(8-19-14)22(24)25/h3-8H,2,9H2,1H3,(H,19,21)/b20-7+. The van der Waals surface area contributed by atoms with Gasteiger partial charge in [0.25, 0.3) is 5.69 Å². The number of anilines is 1. The van der Waals surface area contributed by atoms with Crippen molar-refractivity contribution in [3.05, 3.63) is 55.6 Å². The molecule has 142 valence electrons. The van der Waals surface area contributed by atoms with Crippen LogP contribution in [0.15, 0.2) is 40.0 Å². The van der Waals surface area contributed by atoms with Crippen molar-refractivity contribution in [1.29, 1.82) is 0 Å². The molecule has 0 aliphatic carbocycles. The van der Waals surface area contributed by atoms with Crippen molar-refractivity contribution in [3.8, 4) is 5.75 Å². The highest BCUT2D eigenvalue weighted by Gasteiger charge is 2.11. The summed E-state index contributed by atoms with van der Waals surface area (Å²) in [6.45, 7) is 1.71. The van der Waals surface area contributed by atoms with Gasteiger partial charge >= 0.3 is 5.97 Å². The zero-order chi connectivity index (χ0) is 19.8. The van der Waals surface area contributed by atoms with E-state index in [-0.39, 0.29) is 23.9 Å². The lowest BCUT2D eigenvalue weighted by Crippen LogP contribution is -2.15. The van der Waals surface area contributed by atoms with Crippen LogP contribution in [0.5, 0.6) is 5.75 Å². The Morgan fingerprint density at radius 3 is 2.85 bits per heavy atom. The third-order valence-electron chi connectivity index (χ3n) is 3.01. The maximum Gasteiger partial charge on any atom is 0.344 e. The minimum Gasteiger partial charge on any atom is -0.479 e. The lowest BCUT2D eigenvalue weighted by atomic mass is 10.2. The number of rotatable bonds is 8. The summed E-state index contributed by atoms with van der Waals surface area (Å²) < 4.78 is 10.7. The highest BCUT2D eigenvalue weighted by molar-refractivity contribution is 9.10. The van der Waals surface area contributed by atoms with Gasteiger partial charge in [-0.05, 0) is 46.6 Å². The molecular weight excluding hydrogens is 444 g/mol. The number of ether oxygens (including phenoxy) is 2. The van der Waals surface area contributed by atoms with Crippen molar-refractivity contribution >= 4 is 51.2 Å². The quantitative estimate of drug-likeness (QED) is 0.277. The van der Waals surface area contributed by atoms with E-state index in [4.69, 9.17) is 21.1 Å². The molecule has 2 aromatic rings. The molecule has 0 bridgehead atoms. The zero-order valence-electron chi connectivity index (χ0n) is 14.0. The fourth-order valence-corrected chi connectivity index (χ4v) is 2.85. The van der Waals surface area contributed by atoms with Crippen LogP contribution >= 0.6 is 27.5 Å². The first-order chi connectivity index (χ1) is 12.9. The predicted octanol–water partition coefficient (Wildman–Crippen LogP) is 3.79.